The van der Waals surface area contributed by atoms with E-state index in [1.165, 1.54) is 0 Å². The number of aliphatic carboxylic acids is 1. The number of aliphatic hydroxyl groups excluding tert-OH is 1. The molecule has 0 bridgehead atoms. The molecule has 0 spiro atoms. The van der Waals surface area contributed by atoms with Crippen LogP contribution in [0, 0.1) is 5.92 Å². The molecule has 0 unspecified atom stereocenters. The van der Waals surface area contributed by atoms with Crippen molar-refractivity contribution in [2.75, 3.05) is 0 Å². The van der Waals surface area contributed by atoms with Gasteiger partial charge in [-0.15, -0.1) is 0 Å². The predicted molar refractivity (Wildman–Crippen MR) is 148 cm³/mol. The Kier molecular flexibility index (Phi) is 9.64. The van der Waals surface area contributed by atoms with Crippen molar-refractivity contribution in [1.29, 1.82) is 0 Å². The van der Waals surface area contributed by atoms with Gasteiger partial charge < -0.3 is 10.2 Å². The number of benzene rings is 4. The monoisotopic (exact) mass is 493 g/mol. The zero-order valence-electron chi connectivity index (χ0n) is 21.1. The zero-order chi connectivity index (χ0) is 25.9. The average Bonchev–Trinajstić information content (AvgIpc) is 2.93. The van der Waals surface area contributed by atoms with Crippen molar-refractivity contribution in [3.8, 4) is 0 Å². The van der Waals surface area contributed by atoms with Crippen LogP contribution in [0.5, 0.6) is 0 Å². The van der Waals surface area contributed by atoms with Crippen molar-refractivity contribution in [3.63, 3.8) is 0 Å². The van der Waals surface area contributed by atoms with Crippen molar-refractivity contribution in [1.82, 2.24) is 4.90 Å². The molecule has 0 aliphatic carbocycles. The standard InChI is InChI=1S/C33H35NO3/c35-32(23-30(33(36)37)21-26-13-5-1-6-14-26)31(22-27-15-7-2-8-16-27)34(24-28-17-9-3-10-18-28)25-29-19-11-4-12-20-29/h1-20,30-32,35H,21-25H2,(H,36,37)/t30-,31+,32+/m1/s1. The topological polar surface area (TPSA) is 60.8 Å². The second-order valence-electron chi connectivity index (χ2n) is 9.66. The lowest BCUT2D eigenvalue weighted by atomic mass is 9.88. The van der Waals surface area contributed by atoms with Crippen molar-refractivity contribution in [3.05, 3.63) is 144 Å². The molecule has 0 fully saturated rings. The van der Waals surface area contributed by atoms with Gasteiger partial charge in [0.1, 0.15) is 0 Å². The number of rotatable bonds is 13. The van der Waals surface area contributed by atoms with Crippen LogP contribution in [0.4, 0.5) is 0 Å². The smallest absolute Gasteiger partial charge is 0.306 e. The molecular formula is C33H35NO3. The van der Waals surface area contributed by atoms with Crippen LogP contribution in [0.2, 0.25) is 0 Å². The molecule has 0 aliphatic rings. The summed E-state index contributed by atoms with van der Waals surface area (Å²) in [6.45, 7) is 1.31. The molecule has 4 nitrogen and oxygen atoms in total. The first-order chi connectivity index (χ1) is 18.1. The molecule has 2 N–H and O–H groups in total. The van der Waals surface area contributed by atoms with E-state index >= 15 is 0 Å². The summed E-state index contributed by atoms with van der Waals surface area (Å²) in [7, 11) is 0. The minimum atomic E-state index is -0.876. The van der Waals surface area contributed by atoms with E-state index in [2.05, 4.69) is 41.3 Å². The third-order valence-electron chi connectivity index (χ3n) is 6.86. The van der Waals surface area contributed by atoms with Gasteiger partial charge in [0.25, 0.3) is 0 Å². The molecule has 0 saturated heterocycles. The number of hydrogen-bond donors (Lipinski definition) is 2. The molecule has 4 heteroatoms. The third-order valence-corrected chi connectivity index (χ3v) is 6.86. The van der Waals surface area contributed by atoms with E-state index in [9.17, 15) is 15.0 Å². The normalized spacial score (nSPS) is 13.7. The molecule has 4 aromatic rings. The highest BCUT2D eigenvalue weighted by Crippen LogP contribution is 2.24. The van der Waals surface area contributed by atoms with Crippen LogP contribution < -0.4 is 0 Å². The molecule has 0 amide bonds. The van der Waals surface area contributed by atoms with E-state index in [-0.39, 0.29) is 12.5 Å². The Morgan fingerprint density at radius 2 is 0.973 bits per heavy atom. The van der Waals surface area contributed by atoms with Gasteiger partial charge in [0.05, 0.1) is 12.0 Å². The summed E-state index contributed by atoms with van der Waals surface area (Å²) in [5.41, 5.74) is 4.39. The van der Waals surface area contributed by atoms with E-state index in [0.29, 0.717) is 25.9 Å². The molecule has 3 atom stereocenters. The number of nitrogens with zero attached hydrogens (tertiary/aromatic N) is 1. The first kappa shape index (κ1) is 26.3. The van der Waals surface area contributed by atoms with E-state index in [0.717, 1.165) is 22.3 Å². The lowest BCUT2D eigenvalue weighted by molar-refractivity contribution is -0.143. The summed E-state index contributed by atoms with van der Waals surface area (Å²) in [5, 5.41) is 21.7. The van der Waals surface area contributed by atoms with E-state index < -0.39 is 18.0 Å². The van der Waals surface area contributed by atoms with Gasteiger partial charge in [-0.2, -0.15) is 0 Å². The quantitative estimate of drug-likeness (QED) is 0.240. The molecule has 0 aromatic heterocycles. The van der Waals surface area contributed by atoms with E-state index in [4.69, 9.17) is 0 Å². The summed E-state index contributed by atoms with van der Waals surface area (Å²) >= 11 is 0. The van der Waals surface area contributed by atoms with Crippen molar-refractivity contribution < 1.29 is 15.0 Å². The molecule has 4 rings (SSSR count). The van der Waals surface area contributed by atoms with E-state index in [1.54, 1.807) is 0 Å². The Morgan fingerprint density at radius 3 is 1.38 bits per heavy atom. The maximum atomic E-state index is 12.2. The van der Waals surface area contributed by atoms with Crippen molar-refractivity contribution in [2.45, 2.75) is 44.5 Å². The number of carbonyl (C=O) groups is 1. The SMILES string of the molecule is O=C(O)[C@H](Cc1ccccc1)C[C@H](O)[C@H](Cc1ccccc1)N(Cc1ccccc1)Cc1ccccc1. The van der Waals surface area contributed by atoms with Crippen LogP contribution >= 0.6 is 0 Å². The third kappa shape index (κ3) is 8.14. The van der Waals surface area contributed by atoms with Gasteiger partial charge in [0, 0.05) is 19.1 Å². The maximum absolute atomic E-state index is 12.2. The Bertz CT molecular complexity index is 1160. The van der Waals surface area contributed by atoms with Gasteiger partial charge >= 0.3 is 5.97 Å². The summed E-state index contributed by atoms with van der Waals surface area (Å²) in [6, 6.07) is 40.0. The molecule has 0 radical (unpaired) electrons. The van der Waals surface area contributed by atoms with Gasteiger partial charge in [-0.3, -0.25) is 9.69 Å². The first-order valence-corrected chi connectivity index (χ1v) is 12.9. The number of aliphatic hydroxyl groups is 1. The highest BCUT2D eigenvalue weighted by atomic mass is 16.4. The number of carboxylic acid groups (broad SMARTS) is 1. The first-order valence-electron chi connectivity index (χ1n) is 12.9. The van der Waals surface area contributed by atoms with Crippen LogP contribution in [-0.4, -0.2) is 33.2 Å². The number of carboxylic acids is 1. The lowest BCUT2D eigenvalue weighted by Gasteiger charge is -2.36. The molecule has 37 heavy (non-hydrogen) atoms. The summed E-state index contributed by atoms with van der Waals surface area (Å²) in [4.78, 5) is 14.5. The molecule has 4 aromatic carbocycles. The van der Waals surface area contributed by atoms with Gasteiger partial charge in [0.15, 0.2) is 0 Å². The minimum absolute atomic E-state index is 0.182. The summed E-state index contributed by atoms with van der Waals surface area (Å²) in [6.07, 6.45) is 0.376. The van der Waals surface area contributed by atoms with Crippen LogP contribution in [-0.2, 0) is 30.7 Å². The highest BCUT2D eigenvalue weighted by molar-refractivity contribution is 5.70. The average molecular weight is 494 g/mol. The second kappa shape index (κ2) is 13.5. The molecule has 0 heterocycles. The molecule has 190 valence electrons. The molecule has 0 aliphatic heterocycles. The van der Waals surface area contributed by atoms with Gasteiger partial charge in [0.2, 0.25) is 0 Å². The fourth-order valence-electron chi connectivity index (χ4n) is 4.91. The predicted octanol–water partition coefficient (Wildman–Crippen LogP) is 5.99. The van der Waals surface area contributed by atoms with Gasteiger partial charge in [-0.05, 0) is 41.5 Å². The van der Waals surface area contributed by atoms with Crippen molar-refractivity contribution >= 4 is 5.97 Å². The van der Waals surface area contributed by atoms with Crippen LogP contribution in [0.15, 0.2) is 121 Å². The van der Waals surface area contributed by atoms with Crippen molar-refractivity contribution in [2.24, 2.45) is 5.92 Å². The highest BCUT2D eigenvalue weighted by Gasteiger charge is 2.31. The Balaban J connectivity index is 1.63. The van der Waals surface area contributed by atoms with Crippen LogP contribution in [0.25, 0.3) is 0 Å². The van der Waals surface area contributed by atoms with Crippen LogP contribution in [0.3, 0.4) is 0 Å². The Morgan fingerprint density at radius 1 is 0.595 bits per heavy atom. The van der Waals surface area contributed by atoms with Gasteiger partial charge in [-0.1, -0.05) is 121 Å². The molecule has 0 saturated carbocycles. The lowest BCUT2D eigenvalue weighted by Crippen LogP contribution is -2.45. The number of hydrogen-bond acceptors (Lipinski definition) is 3. The Hall–Kier alpha value is -3.73. The molecular weight excluding hydrogens is 458 g/mol. The summed E-state index contributed by atoms with van der Waals surface area (Å²) < 4.78 is 0. The van der Waals surface area contributed by atoms with Crippen LogP contribution in [0.1, 0.15) is 28.7 Å². The van der Waals surface area contributed by atoms with E-state index in [1.807, 2.05) is 84.9 Å². The maximum Gasteiger partial charge on any atom is 0.306 e. The zero-order valence-corrected chi connectivity index (χ0v) is 21.1. The largest absolute Gasteiger partial charge is 0.481 e. The second-order valence-corrected chi connectivity index (χ2v) is 9.66. The van der Waals surface area contributed by atoms with Gasteiger partial charge in [-0.25, -0.2) is 0 Å². The summed E-state index contributed by atoms with van der Waals surface area (Å²) in [5.74, 6) is -1.55. The fraction of sp³-hybridized carbons (Fsp3) is 0.242. The Labute approximate surface area is 219 Å². The minimum Gasteiger partial charge on any atom is -0.481 e. The fourth-order valence-corrected chi connectivity index (χ4v) is 4.91.